The van der Waals surface area contributed by atoms with E-state index in [-0.39, 0.29) is 17.9 Å². The van der Waals surface area contributed by atoms with Crippen molar-refractivity contribution in [3.8, 4) is 17.2 Å². The van der Waals surface area contributed by atoms with Gasteiger partial charge in [-0.1, -0.05) is 105 Å². The van der Waals surface area contributed by atoms with Crippen LogP contribution < -0.4 is 14.2 Å². The molecular weight excluding hydrogens is 841 g/mol. The number of carbonyl (C=O) groups is 3. The lowest BCUT2D eigenvalue weighted by Crippen LogP contribution is -2.14. The Balaban J connectivity index is 0.000000229. The molecule has 63 heavy (non-hydrogen) atoms. The number of benzene rings is 6. The lowest BCUT2D eigenvalue weighted by molar-refractivity contribution is -0.137. The number of rotatable bonds is 15. The second-order valence-electron chi connectivity index (χ2n) is 14.7. The fourth-order valence-electron chi connectivity index (χ4n) is 5.94. The number of aryl methyl sites for hydroxylation is 2. The molecule has 0 heterocycles. The summed E-state index contributed by atoms with van der Waals surface area (Å²) in [6.07, 6.45) is 3.28. The molecular formula is C54H57O6S3. The summed E-state index contributed by atoms with van der Waals surface area (Å²) in [5.41, 5.74) is 6.34. The highest BCUT2D eigenvalue weighted by Gasteiger charge is 2.25. The minimum absolute atomic E-state index is 0.179. The van der Waals surface area contributed by atoms with Crippen LogP contribution in [0.15, 0.2) is 139 Å². The first-order valence-electron chi connectivity index (χ1n) is 21.2. The third kappa shape index (κ3) is 16.1. The van der Waals surface area contributed by atoms with Gasteiger partial charge in [-0.05, 0) is 167 Å². The molecule has 6 nitrogen and oxygen atoms in total. The maximum atomic E-state index is 12.4. The van der Waals surface area contributed by atoms with Crippen molar-refractivity contribution in [1.29, 1.82) is 0 Å². The van der Waals surface area contributed by atoms with Crippen LogP contribution in [0.2, 0.25) is 0 Å². The Morgan fingerprint density at radius 3 is 1.22 bits per heavy atom. The molecule has 6 aromatic carbocycles. The van der Waals surface area contributed by atoms with Crippen LogP contribution in [0.5, 0.6) is 17.2 Å². The molecule has 0 aromatic heterocycles. The third-order valence-corrected chi connectivity index (χ3v) is 13.3. The van der Waals surface area contributed by atoms with Gasteiger partial charge in [0.1, 0.15) is 5.75 Å². The van der Waals surface area contributed by atoms with E-state index in [9.17, 15) is 14.4 Å². The van der Waals surface area contributed by atoms with Gasteiger partial charge in [-0.2, -0.15) is 0 Å². The molecule has 3 radical (unpaired) electrons. The molecule has 0 unspecified atom stereocenters. The summed E-state index contributed by atoms with van der Waals surface area (Å²) in [6.45, 7) is 18.0. The molecule has 0 amide bonds. The summed E-state index contributed by atoms with van der Waals surface area (Å²) in [4.78, 5) is 43.0. The van der Waals surface area contributed by atoms with E-state index >= 15 is 0 Å². The van der Waals surface area contributed by atoms with Crippen molar-refractivity contribution >= 4 is 53.2 Å². The Kier molecular flexibility index (Phi) is 21.1. The van der Waals surface area contributed by atoms with Crippen LogP contribution in [0, 0.1) is 59.7 Å². The predicted molar refractivity (Wildman–Crippen MR) is 258 cm³/mol. The van der Waals surface area contributed by atoms with E-state index < -0.39 is 0 Å². The Labute approximate surface area is 387 Å². The van der Waals surface area contributed by atoms with Crippen LogP contribution in [-0.4, -0.2) is 17.9 Å². The van der Waals surface area contributed by atoms with E-state index in [1.807, 2.05) is 114 Å². The minimum Gasteiger partial charge on any atom is -0.427 e. The predicted octanol–water partition coefficient (Wildman–Crippen LogP) is 14.9. The monoisotopic (exact) mass is 897 g/mol. The highest BCUT2D eigenvalue weighted by atomic mass is 32.2. The minimum atomic E-state index is -0.319. The van der Waals surface area contributed by atoms with E-state index in [1.165, 1.54) is 31.4 Å². The molecule has 6 rings (SSSR count). The Morgan fingerprint density at radius 2 is 0.794 bits per heavy atom. The van der Waals surface area contributed by atoms with Gasteiger partial charge < -0.3 is 14.2 Å². The van der Waals surface area contributed by atoms with Gasteiger partial charge in [0, 0.05) is 54.2 Å². The molecule has 0 N–H and O–H groups in total. The van der Waals surface area contributed by atoms with Gasteiger partial charge in [0.05, 0.1) is 0 Å². The van der Waals surface area contributed by atoms with E-state index in [2.05, 4.69) is 75.4 Å². The molecule has 0 atom stereocenters. The summed E-state index contributed by atoms with van der Waals surface area (Å²) in [6, 6.07) is 44.6. The molecule has 0 bridgehead atoms. The van der Waals surface area contributed by atoms with Crippen molar-refractivity contribution in [2.24, 2.45) is 0 Å². The number of hydrogen-bond acceptors (Lipinski definition) is 9. The zero-order chi connectivity index (χ0) is 45.7. The average Bonchev–Trinajstić information content (AvgIpc) is 3.28. The van der Waals surface area contributed by atoms with Crippen molar-refractivity contribution in [2.45, 2.75) is 130 Å². The number of hydrogen-bond donors (Lipinski definition) is 0. The first kappa shape index (κ1) is 50.4. The quantitative estimate of drug-likeness (QED) is 0.0739. The van der Waals surface area contributed by atoms with Crippen molar-refractivity contribution in [3.63, 3.8) is 0 Å². The fraction of sp³-hybridized carbons (Fsp3) is 0.278. The van der Waals surface area contributed by atoms with E-state index in [0.717, 1.165) is 37.8 Å². The Bertz CT molecular complexity index is 2340. The standard InChI is InChI=1S/C26H34O4S.C16H15O2S.C12H8S/c1-9-11-21(27)29-23-18(6)19(7)26(20(8)24(23)30-22(28)12-10-2)31-25-16(4)14-13-15(3)17(25)5;1-2-6-16(17)18-13-9-11-15(12-10-13)19-14-7-4-3-5-8-14;1-3-7-11(8-4-1)13-12-9-5-2-6-10-12/h13-14H,9-12H2,1-8H3;4-5,7-12H,2,6H2,1H3;3-10H. The first-order valence-corrected chi connectivity index (χ1v) is 23.6. The van der Waals surface area contributed by atoms with Crippen LogP contribution in [0.3, 0.4) is 0 Å². The topological polar surface area (TPSA) is 78.9 Å². The molecule has 0 spiro atoms. The van der Waals surface area contributed by atoms with E-state index in [4.69, 9.17) is 14.2 Å². The Morgan fingerprint density at radius 1 is 0.413 bits per heavy atom. The summed E-state index contributed by atoms with van der Waals surface area (Å²) < 4.78 is 16.7. The van der Waals surface area contributed by atoms with Crippen LogP contribution in [-0.2, 0) is 14.4 Å². The van der Waals surface area contributed by atoms with Gasteiger partial charge in [0.15, 0.2) is 11.5 Å². The SMILES string of the molecule is CCCC(=O)Oc1c(C)c(C)c(Sc2c(C)ccc(C)c2C)c(C)c1OC(=O)CCC.CCCC(=O)Oc1ccc(Sc2cc[c]cc2)cc1.[c]1ccc(Sc2cc[c]cc2)cc1. The second-order valence-corrected chi connectivity index (χ2v) is 18.0. The summed E-state index contributed by atoms with van der Waals surface area (Å²) in [7, 11) is 0. The van der Waals surface area contributed by atoms with Gasteiger partial charge in [0.2, 0.25) is 0 Å². The van der Waals surface area contributed by atoms with Crippen LogP contribution in [0.1, 0.15) is 92.7 Å². The van der Waals surface area contributed by atoms with Crippen LogP contribution >= 0.6 is 35.3 Å². The van der Waals surface area contributed by atoms with Crippen molar-refractivity contribution in [3.05, 3.63) is 161 Å². The van der Waals surface area contributed by atoms with Crippen LogP contribution in [0.4, 0.5) is 0 Å². The largest absolute Gasteiger partial charge is 0.427 e. The fourth-order valence-corrected chi connectivity index (χ4v) is 8.87. The molecule has 0 fully saturated rings. The third-order valence-electron chi connectivity index (χ3n) is 9.59. The lowest BCUT2D eigenvalue weighted by Gasteiger charge is -2.22. The smallest absolute Gasteiger partial charge is 0.311 e. The van der Waals surface area contributed by atoms with Gasteiger partial charge in [0.25, 0.3) is 0 Å². The van der Waals surface area contributed by atoms with Gasteiger partial charge in [-0.15, -0.1) is 0 Å². The molecule has 0 aliphatic rings. The average molecular weight is 898 g/mol. The van der Waals surface area contributed by atoms with Gasteiger partial charge >= 0.3 is 17.9 Å². The van der Waals surface area contributed by atoms with Crippen molar-refractivity contribution < 1.29 is 28.6 Å². The van der Waals surface area contributed by atoms with Gasteiger partial charge in [-0.3, -0.25) is 14.4 Å². The number of esters is 3. The van der Waals surface area contributed by atoms with E-state index in [1.54, 1.807) is 35.3 Å². The van der Waals surface area contributed by atoms with Gasteiger partial charge in [-0.25, -0.2) is 0 Å². The number of carbonyl (C=O) groups excluding carboxylic acids is 3. The molecule has 9 heteroatoms. The summed E-state index contributed by atoms with van der Waals surface area (Å²) >= 11 is 5.10. The Hall–Kier alpha value is -5.22. The molecule has 0 aliphatic carbocycles. The highest BCUT2D eigenvalue weighted by molar-refractivity contribution is 8.00. The molecule has 327 valence electrons. The van der Waals surface area contributed by atoms with Crippen molar-refractivity contribution in [2.75, 3.05) is 0 Å². The van der Waals surface area contributed by atoms with Crippen LogP contribution in [0.25, 0.3) is 0 Å². The maximum absolute atomic E-state index is 12.4. The van der Waals surface area contributed by atoms with Crippen molar-refractivity contribution in [1.82, 2.24) is 0 Å². The molecule has 0 saturated heterocycles. The first-order chi connectivity index (χ1) is 30.3. The highest BCUT2D eigenvalue weighted by Crippen LogP contribution is 2.47. The molecule has 0 saturated carbocycles. The lowest BCUT2D eigenvalue weighted by atomic mass is 10.0. The normalized spacial score (nSPS) is 10.4. The zero-order valence-electron chi connectivity index (χ0n) is 37.8. The maximum Gasteiger partial charge on any atom is 0.311 e. The number of ether oxygens (including phenoxy) is 3. The molecule has 6 aromatic rings. The summed E-state index contributed by atoms with van der Waals surface area (Å²) in [5.74, 6) is 0.505. The van der Waals surface area contributed by atoms with E-state index in [0.29, 0.717) is 49.4 Å². The zero-order valence-corrected chi connectivity index (χ0v) is 40.3. The second kappa shape index (κ2) is 26.4. The molecule has 0 aliphatic heterocycles. The summed E-state index contributed by atoms with van der Waals surface area (Å²) in [5, 5.41) is 0.